The van der Waals surface area contributed by atoms with Crippen molar-refractivity contribution in [2.24, 2.45) is 5.73 Å². The SMILES string of the molecule is CCC(N)(CC)CNC(=O)c1cc(OC)c(OCc2ccccc2)c(OC)c1.Cl. The van der Waals surface area contributed by atoms with Crippen molar-refractivity contribution < 1.29 is 19.0 Å². The van der Waals surface area contributed by atoms with Gasteiger partial charge in [0.05, 0.1) is 14.2 Å². The van der Waals surface area contributed by atoms with Gasteiger partial charge in [0.2, 0.25) is 5.75 Å². The first-order valence-electron chi connectivity index (χ1n) is 9.46. The van der Waals surface area contributed by atoms with Crippen LogP contribution in [0.25, 0.3) is 0 Å². The Morgan fingerprint density at radius 3 is 2.07 bits per heavy atom. The number of hydrogen-bond donors (Lipinski definition) is 2. The lowest BCUT2D eigenvalue weighted by molar-refractivity contribution is 0.0941. The summed E-state index contributed by atoms with van der Waals surface area (Å²) in [6, 6.07) is 13.1. The Balaban J connectivity index is 0.00000420. The van der Waals surface area contributed by atoms with Crippen LogP contribution in [0.5, 0.6) is 17.2 Å². The van der Waals surface area contributed by atoms with Gasteiger partial charge in [0, 0.05) is 17.6 Å². The third-order valence-corrected chi connectivity index (χ3v) is 4.96. The van der Waals surface area contributed by atoms with Crippen molar-refractivity contribution in [1.29, 1.82) is 0 Å². The first-order chi connectivity index (χ1) is 13.5. The maximum absolute atomic E-state index is 12.6. The summed E-state index contributed by atoms with van der Waals surface area (Å²) in [5.41, 5.74) is 7.30. The summed E-state index contributed by atoms with van der Waals surface area (Å²) in [5, 5.41) is 2.91. The molecule has 0 aliphatic carbocycles. The van der Waals surface area contributed by atoms with Crippen LogP contribution >= 0.6 is 12.4 Å². The lowest BCUT2D eigenvalue weighted by Crippen LogP contribution is -2.49. The maximum Gasteiger partial charge on any atom is 0.251 e. The summed E-state index contributed by atoms with van der Waals surface area (Å²) >= 11 is 0. The van der Waals surface area contributed by atoms with E-state index >= 15 is 0 Å². The van der Waals surface area contributed by atoms with Gasteiger partial charge < -0.3 is 25.3 Å². The summed E-state index contributed by atoms with van der Waals surface area (Å²) in [6.45, 7) is 4.79. The zero-order valence-electron chi connectivity index (χ0n) is 17.5. The van der Waals surface area contributed by atoms with E-state index in [4.69, 9.17) is 19.9 Å². The van der Waals surface area contributed by atoms with Crippen LogP contribution < -0.4 is 25.3 Å². The zero-order valence-corrected chi connectivity index (χ0v) is 18.3. The molecular weight excluding hydrogens is 392 g/mol. The third kappa shape index (κ3) is 6.54. The molecule has 2 rings (SSSR count). The van der Waals surface area contributed by atoms with E-state index in [0.717, 1.165) is 18.4 Å². The average molecular weight is 423 g/mol. The number of nitrogens with two attached hydrogens (primary N) is 1. The Morgan fingerprint density at radius 1 is 1.03 bits per heavy atom. The molecule has 0 aliphatic rings. The number of rotatable bonds is 10. The molecule has 0 spiro atoms. The first-order valence-corrected chi connectivity index (χ1v) is 9.46. The highest BCUT2D eigenvalue weighted by Gasteiger charge is 2.23. The zero-order chi connectivity index (χ0) is 20.6. The highest BCUT2D eigenvalue weighted by atomic mass is 35.5. The molecule has 2 aromatic rings. The Bertz CT molecular complexity index is 755. The van der Waals surface area contributed by atoms with E-state index in [1.165, 1.54) is 14.2 Å². The van der Waals surface area contributed by atoms with Crippen LogP contribution in [0, 0.1) is 0 Å². The number of methoxy groups -OCH3 is 2. The molecule has 0 fully saturated rings. The fourth-order valence-electron chi connectivity index (χ4n) is 2.74. The van der Waals surface area contributed by atoms with E-state index in [0.29, 0.717) is 36.0 Å². The van der Waals surface area contributed by atoms with Crippen molar-refractivity contribution in [3.63, 3.8) is 0 Å². The van der Waals surface area contributed by atoms with Gasteiger partial charge in [-0.05, 0) is 30.5 Å². The van der Waals surface area contributed by atoms with Crippen molar-refractivity contribution >= 4 is 18.3 Å². The molecular formula is C22H31ClN2O4. The number of amides is 1. The fraction of sp³-hybridized carbons (Fsp3) is 0.409. The van der Waals surface area contributed by atoms with Gasteiger partial charge in [0.15, 0.2) is 11.5 Å². The summed E-state index contributed by atoms with van der Waals surface area (Å²) in [6.07, 6.45) is 1.56. The Morgan fingerprint density at radius 2 is 1.59 bits per heavy atom. The molecule has 0 heterocycles. The quantitative estimate of drug-likeness (QED) is 0.605. The van der Waals surface area contributed by atoms with Gasteiger partial charge in [0.1, 0.15) is 6.61 Å². The van der Waals surface area contributed by atoms with Crippen molar-refractivity contribution in [1.82, 2.24) is 5.32 Å². The van der Waals surface area contributed by atoms with Gasteiger partial charge in [-0.1, -0.05) is 44.2 Å². The highest BCUT2D eigenvalue weighted by molar-refractivity contribution is 5.95. The van der Waals surface area contributed by atoms with Crippen molar-refractivity contribution in [3.8, 4) is 17.2 Å². The van der Waals surface area contributed by atoms with Crippen LogP contribution in [0.1, 0.15) is 42.6 Å². The largest absolute Gasteiger partial charge is 0.493 e. The lowest BCUT2D eigenvalue weighted by atomic mass is 9.94. The molecule has 2 aromatic carbocycles. The van der Waals surface area contributed by atoms with Gasteiger partial charge in [-0.2, -0.15) is 0 Å². The lowest BCUT2D eigenvalue weighted by Gasteiger charge is -2.27. The van der Waals surface area contributed by atoms with E-state index < -0.39 is 5.54 Å². The predicted molar refractivity (Wildman–Crippen MR) is 117 cm³/mol. The summed E-state index contributed by atoms with van der Waals surface area (Å²) in [4.78, 5) is 12.6. The van der Waals surface area contributed by atoms with Gasteiger partial charge >= 0.3 is 0 Å². The smallest absolute Gasteiger partial charge is 0.251 e. The summed E-state index contributed by atoms with van der Waals surface area (Å²) in [7, 11) is 3.07. The molecule has 160 valence electrons. The number of halogens is 1. The highest BCUT2D eigenvalue weighted by Crippen LogP contribution is 2.39. The van der Waals surface area contributed by atoms with Gasteiger partial charge in [0.25, 0.3) is 5.91 Å². The number of hydrogen-bond acceptors (Lipinski definition) is 5. The second-order valence-corrected chi connectivity index (χ2v) is 6.74. The molecule has 7 heteroatoms. The number of carbonyl (C=O) groups is 1. The monoisotopic (exact) mass is 422 g/mol. The standard InChI is InChI=1S/C22H30N2O4.ClH/c1-5-22(23,6-2)15-24-21(25)17-12-18(26-3)20(19(13-17)27-4)28-14-16-10-8-7-9-11-16;/h7-13H,5-6,14-15,23H2,1-4H3,(H,24,25);1H. The van der Waals surface area contributed by atoms with Crippen LogP contribution in [0.15, 0.2) is 42.5 Å². The molecule has 0 unspecified atom stereocenters. The van der Waals surface area contributed by atoms with Crippen LogP contribution in [0.3, 0.4) is 0 Å². The minimum Gasteiger partial charge on any atom is -0.493 e. The van der Waals surface area contributed by atoms with E-state index in [1.807, 2.05) is 44.2 Å². The summed E-state index contributed by atoms with van der Waals surface area (Å²) in [5.74, 6) is 1.10. The Kier molecular flexibility index (Phi) is 9.78. The molecule has 29 heavy (non-hydrogen) atoms. The molecule has 0 aliphatic heterocycles. The molecule has 0 bridgehead atoms. The molecule has 3 N–H and O–H groups in total. The second-order valence-electron chi connectivity index (χ2n) is 6.74. The molecule has 6 nitrogen and oxygen atoms in total. The molecule has 0 radical (unpaired) electrons. The molecule has 1 amide bonds. The minimum atomic E-state index is -0.414. The molecule has 0 saturated carbocycles. The second kappa shape index (κ2) is 11.5. The third-order valence-electron chi connectivity index (χ3n) is 4.96. The van der Waals surface area contributed by atoms with Crippen molar-refractivity contribution in [2.75, 3.05) is 20.8 Å². The summed E-state index contributed by atoms with van der Waals surface area (Å²) < 4.78 is 16.8. The minimum absolute atomic E-state index is 0. The van der Waals surface area contributed by atoms with Gasteiger partial charge in [-0.25, -0.2) is 0 Å². The van der Waals surface area contributed by atoms with Crippen molar-refractivity contribution in [3.05, 3.63) is 53.6 Å². The van der Waals surface area contributed by atoms with E-state index in [9.17, 15) is 4.79 Å². The predicted octanol–water partition coefficient (Wildman–Crippen LogP) is 3.95. The Labute approximate surface area is 179 Å². The number of carbonyl (C=O) groups excluding carboxylic acids is 1. The number of nitrogens with one attached hydrogen (secondary N) is 1. The van der Waals surface area contributed by atoms with Crippen LogP contribution in [0.4, 0.5) is 0 Å². The molecule has 0 saturated heterocycles. The van der Waals surface area contributed by atoms with Crippen molar-refractivity contribution in [2.45, 2.75) is 38.8 Å². The topological polar surface area (TPSA) is 82.8 Å². The Hall–Kier alpha value is -2.44. The fourth-order valence-corrected chi connectivity index (χ4v) is 2.74. The average Bonchev–Trinajstić information content (AvgIpc) is 2.75. The first kappa shape index (κ1) is 24.6. The van der Waals surface area contributed by atoms with Gasteiger partial charge in [-0.15, -0.1) is 12.4 Å². The van der Waals surface area contributed by atoms with Gasteiger partial charge in [-0.3, -0.25) is 4.79 Å². The van der Waals surface area contributed by atoms with Crippen LogP contribution in [-0.2, 0) is 6.61 Å². The molecule has 0 atom stereocenters. The van der Waals surface area contributed by atoms with Crippen LogP contribution in [-0.4, -0.2) is 32.2 Å². The van der Waals surface area contributed by atoms with E-state index in [2.05, 4.69) is 5.32 Å². The van der Waals surface area contributed by atoms with E-state index in [1.54, 1.807) is 12.1 Å². The number of ether oxygens (including phenoxy) is 3. The van der Waals surface area contributed by atoms with E-state index in [-0.39, 0.29) is 18.3 Å². The normalized spacial score (nSPS) is 10.7. The maximum atomic E-state index is 12.6. The van der Waals surface area contributed by atoms with Crippen LogP contribution in [0.2, 0.25) is 0 Å². The number of benzene rings is 2. The molecule has 0 aromatic heterocycles.